The quantitative estimate of drug-likeness (QED) is 0.525. The Morgan fingerprint density at radius 2 is 1.74 bits per heavy atom. The fraction of sp³-hybridized carbons (Fsp3) is 0.429. The molecule has 6 nitrogen and oxygen atoms in total. The summed E-state index contributed by atoms with van der Waals surface area (Å²) >= 11 is 0. The van der Waals surface area contributed by atoms with E-state index in [0.717, 1.165) is 42.3 Å². The average molecular weight is 369 g/mol. The molecule has 27 heavy (non-hydrogen) atoms. The number of anilines is 1. The minimum absolute atomic E-state index is 0.218. The Labute approximate surface area is 159 Å². The van der Waals surface area contributed by atoms with Gasteiger partial charge in [0, 0.05) is 53.8 Å². The SMILES string of the molecule is CN(C)CCN1C(=O)c2cccc3c(NCCCCCO)ccc(c23)C1=O. The van der Waals surface area contributed by atoms with E-state index in [0.29, 0.717) is 24.2 Å². The van der Waals surface area contributed by atoms with Crippen molar-refractivity contribution in [3.05, 3.63) is 41.5 Å². The maximum absolute atomic E-state index is 12.9. The van der Waals surface area contributed by atoms with Crippen LogP contribution in [0.2, 0.25) is 0 Å². The number of nitrogens with zero attached hydrogens (tertiary/aromatic N) is 2. The first-order valence-electron chi connectivity index (χ1n) is 9.46. The van der Waals surface area contributed by atoms with Crippen LogP contribution in [-0.2, 0) is 0 Å². The summed E-state index contributed by atoms with van der Waals surface area (Å²) in [4.78, 5) is 29.1. The molecule has 0 radical (unpaired) electrons. The van der Waals surface area contributed by atoms with E-state index in [9.17, 15) is 9.59 Å². The van der Waals surface area contributed by atoms with Crippen LogP contribution in [0.15, 0.2) is 30.3 Å². The monoisotopic (exact) mass is 369 g/mol. The van der Waals surface area contributed by atoms with Gasteiger partial charge in [-0.2, -0.15) is 0 Å². The number of carbonyl (C=O) groups is 2. The van der Waals surface area contributed by atoms with Gasteiger partial charge < -0.3 is 15.3 Å². The number of likely N-dealkylation sites (N-methyl/N-ethyl adjacent to an activating group) is 1. The lowest BCUT2D eigenvalue weighted by atomic mass is 9.93. The largest absolute Gasteiger partial charge is 0.396 e. The average Bonchev–Trinajstić information content (AvgIpc) is 2.66. The summed E-state index contributed by atoms with van der Waals surface area (Å²) in [5.41, 5.74) is 2.11. The number of imide groups is 1. The molecule has 0 spiro atoms. The molecule has 0 unspecified atom stereocenters. The highest BCUT2D eigenvalue weighted by Gasteiger charge is 2.32. The van der Waals surface area contributed by atoms with Crippen LogP contribution in [-0.4, -0.2) is 67.1 Å². The van der Waals surface area contributed by atoms with Crippen LogP contribution in [0.1, 0.15) is 40.0 Å². The van der Waals surface area contributed by atoms with Crippen LogP contribution in [0.3, 0.4) is 0 Å². The highest BCUT2D eigenvalue weighted by Crippen LogP contribution is 2.34. The molecule has 0 bridgehead atoms. The molecule has 144 valence electrons. The second-order valence-electron chi connectivity index (χ2n) is 7.17. The normalized spacial score (nSPS) is 13.7. The van der Waals surface area contributed by atoms with Crippen molar-refractivity contribution in [2.24, 2.45) is 0 Å². The molecule has 1 aliphatic rings. The van der Waals surface area contributed by atoms with Crippen molar-refractivity contribution >= 4 is 28.3 Å². The van der Waals surface area contributed by atoms with Gasteiger partial charge in [0.15, 0.2) is 0 Å². The first kappa shape index (κ1) is 19.3. The third-order valence-corrected chi connectivity index (χ3v) is 4.91. The smallest absolute Gasteiger partial charge is 0.261 e. The van der Waals surface area contributed by atoms with Gasteiger partial charge in [0.2, 0.25) is 0 Å². The second kappa shape index (κ2) is 8.50. The van der Waals surface area contributed by atoms with Crippen molar-refractivity contribution in [2.45, 2.75) is 19.3 Å². The third kappa shape index (κ3) is 3.96. The van der Waals surface area contributed by atoms with E-state index < -0.39 is 0 Å². The van der Waals surface area contributed by atoms with E-state index in [2.05, 4.69) is 5.32 Å². The highest BCUT2D eigenvalue weighted by molar-refractivity contribution is 6.26. The van der Waals surface area contributed by atoms with E-state index in [4.69, 9.17) is 5.11 Å². The molecule has 0 saturated carbocycles. The first-order valence-corrected chi connectivity index (χ1v) is 9.46. The van der Waals surface area contributed by atoms with Crippen LogP contribution < -0.4 is 5.32 Å². The molecule has 0 aliphatic carbocycles. The summed E-state index contributed by atoms with van der Waals surface area (Å²) < 4.78 is 0. The summed E-state index contributed by atoms with van der Waals surface area (Å²) in [6, 6.07) is 9.36. The number of aliphatic hydroxyl groups excluding tert-OH is 1. The van der Waals surface area contributed by atoms with Crippen LogP contribution in [0.5, 0.6) is 0 Å². The Morgan fingerprint density at radius 1 is 1.00 bits per heavy atom. The molecule has 0 saturated heterocycles. The molecular weight excluding hydrogens is 342 g/mol. The van der Waals surface area contributed by atoms with Crippen LogP contribution in [0, 0.1) is 0 Å². The number of amides is 2. The van der Waals surface area contributed by atoms with Gasteiger partial charge in [-0.25, -0.2) is 0 Å². The topological polar surface area (TPSA) is 72.9 Å². The summed E-state index contributed by atoms with van der Waals surface area (Å²) in [7, 11) is 3.85. The molecule has 0 fully saturated rings. The lowest BCUT2D eigenvalue weighted by molar-refractivity contribution is 0.0601. The van der Waals surface area contributed by atoms with Crippen molar-refractivity contribution in [1.29, 1.82) is 0 Å². The fourth-order valence-corrected chi connectivity index (χ4v) is 3.44. The van der Waals surface area contributed by atoms with Gasteiger partial charge in [-0.1, -0.05) is 12.1 Å². The molecule has 0 atom stereocenters. The van der Waals surface area contributed by atoms with E-state index in [1.54, 1.807) is 6.07 Å². The number of hydrogen-bond donors (Lipinski definition) is 2. The number of hydrogen-bond acceptors (Lipinski definition) is 5. The predicted molar refractivity (Wildman–Crippen MR) is 107 cm³/mol. The molecule has 2 N–H and O–H groups in total. The fourth-order valence-electron chi connectivity index (χ4n) is 3.44. The van der Waals surface area contributed by atoms with Crippen molar-refractivity contribution < 1.29 is 14.7 Å². The van der Waals surface area contributed by atoms with Gasteiger partial charge in [-0.3, -0.25) is 14.5 Å². The molecule has 2 aromatic rings. The van der Waals surface area contributed by atoms with Crippen LogP contribution in [0.4, 0.5) is 5.69 Å². The van der Waals surface area contributed by atoms with Gasteiger partial charge in [0.25, 0.3) is 11.8 Å². The lowest BCUT2D eigenvalue weighted by Crippen LogP contribution is -2.43. The Kier molecular flexibility index (Phi) is 6.08. The summed E-state index contributed by atoms with van der Waals surface area (Å²) in [6.07, 6.45) is 2.72. The second-order valence-corrected chi connectivity index (χ2v) is 7.17. The number of benzene rings is 2. The Balaban J connectivity index is 1.90. The molecule has 1 aliphatic heterocycles. The maximum Gasteiger partial charge on any atom is 0.261 e. The van der Waals surface area contributed by atoms with Crippen LogP contribution in [0.25, 0.3) is 10.8 Å². The number of rotatable bonds is 9. The highest BCUT2D eigenvalue weighted by atomic mass is 16.3. The van der Waals surface area contributed by atoms with Gasteiger partial charge in [0.05, 0.1) is 0 Å². The van der Waals surface area contributed by atoms with Crippen molar-refractivity contribution in [3.8, 4) is 0 Å². The maximum atomic E-state index is 12.9. The minimum atomic E-state index is -0.222. The number of aliphatic hydroxyl groups is 1. The van der Waals surface area contributed by atoms with Gasteiger partial charge >= 0.3 is 0 Å². The summed E-state index contributed by atoms with van der Waals surface area (Å²) in [5, 5.41) is 13.9. The standard InChI is InChI=1S/C21H27N3O3/c1-23(2)12-13-24-20(26)16-8-6-7-15-18(22-11-4-3-5-14-25)10-9-17(19(15)16)21(24)27/h6-10,22,25H,3-5,11-14H2,1-2H3. The molecule has 2 aromatic carbocycles. The van der Waals surface area contributed by atoms with Gasteiger partial charge in [0.1, 0.15) is 0 Å². The molecular formula is C21H27N3O3. The molecule has 1 heterocycles. The van der Waals surface area contributed by atoms with Crippen molar-refractivity contribution in [1.82, 2.24) is 9.80 Å². The Hall–Kier alpha value is -2.44. The van der Waals surface area contributed by atoms with Crippen LogP contribution >= 0.6 is 0 Å². The number of unbranched alkanes of at least 4 members (excludes halogenated alkanes) is 2. The lowest BCUT2D eigenvalue weighted by Gasteiger charge is -2.28. The molecule has 0 aromatic heterocycles. The minimum Gasteiger partial charge on any atom is -0.396 e. The predicted octanol–water partition coefficient (Wildman–Crippen LogP) is 2.57. The summed E-state index contributed by atoms with van der Waals surface area (Å²) in [5.74, 6) is -0.444. The first-order chi connectivity index (χ1) is 13.0. The third-order valence-electron chi connectivity index (χ3n) is 4.91. The van der Waals surface area contributed by atoms with Crippen molar-refractivity contribution in [2.75, 3.05) is 45.7 Å². The van der Waals surface area contributed by atoms with Gasteiger partial charge in [-0.05, 0) is 51.6 Å². The molecule has 6 heteroatoms. The zero-order valence-electron chi connectivity index (χ0n) is 16.0. The Morgan fingerprint density at radius 3 is 2.44 bits per heavy atom. The summed E-state index contributed by atoms with van der Waals surface area (Å²) in [6.45, 7) is 2.02. The number of carbonyl (C=O) groups excluding carboxylic acids is 2. The zero-order valence-corrected chi connectivity index (χ0v) is 16.0. The molecule has 2 amide bonds. The van der Waals surface area contributed by atoms with E-state index in [1.807, 2.05) is 43.3 Å². The molecule has 3 rings (SSSR count). The van der Waals surface area contributed by atoms with E-state index in [-0.39, 0.29) is 18.4 Å². The number of nitrogens with one attached hydrogen (secondary N) is 1. The van der Waals surface area contributed by atoms with E-state index in [1.165, 1.54) is 4.90 Å². The zero-order chi connectivity index (χ0) is 19.4. The van der Waals surface area contributed by atoms with Crippen molar-refractivity contribution in [3.63, 3.8) is 0 Å². The van der Waals surface area contributed by atoms with E-state index >= 15 is 0 Å². The Bertz CT molecular complexity index is 826. The van der Waals surface area contributed by atoms with Gasteiger partial charge in [-0.15, -0.1) is 0 Å².